The third-order valence-corrected chi connectivity index (χ3v) is 5.35. The van der Waals surface area contributed by atoms with Gasteiger partial charge in [0, 0.05) is 25.6 Å². The number of hydrogen-bond acceptors (Lipinski definition) is 11. The van der Waals surface area contributed by atoms with Gasteiger partial charge in [0.2, 0.25) is 5.91 Å². The van der Waals surface area contributed by atoms with Crippen LogP contribution in [-0.2, 0) is 19.1 Å². The van der Waals surface area contributed by atoms with Crippen LogP contribution in [0.1, 0.15) is 38.8 Å². The molecule has 0 radical (unpaired) electrons. The number of nitrogens with zero attached hydrogens (tertiary/aromatic N) is 4. The first-order valence-electron chi connectivity index (χ1n) is 10.7. The number of ether oxygens (including phenoxy) is 1. The molecule has 0 aliphatic carbocycles. The van der Waals surface area contributed by atoms with Crippen molar-refractivity contribution < 1.29 is 29.0 Å². The predicted octanol–water partition coefficient (Wildman–Crippen LogP) is 4.81. The molecule has 0 aliphatic rings. The van der Waals surface area contributed by atoms with E-state index in [-0.39, 0.29) is 52.9 Å². The van der Waals surface area contributed by atoms with E-state index in [0.29, 0.717) is 0 Å². The molecule has 14 nitrogen and oxygen atoms in total. The summed E-state index contributed by atoms with van der Waals surface area (Å²) in [6.07, 6.45) is 0.0470. The lowest BCUT2D eigenvalue weighted by Gasteiger charge is -2.16. The summed E-state index contributed by atoms with van der Waals surface area (Å²) in [6.45, 7) is 4.43. The Morgan fingerprint density at radius 1 is 1.08 bits per heavy atom. The van der Waals surface area contributed by atoms with Crippen LogP contribution < -0.4 is 10.6 Å². The molecule has 2 rings (SSSR count). The zero-order valence-corrected chi connectivity index (χ0v) is 21.6. The molecule has 0 heterocycles. The third kappa shape index (κ3) is 8.80. The number of ketones is 1. The normalized spacial score (nSPS) is 11.7. The van der Waals surface area contributed by atoms with Crippen molar-refractivity contribution in [2.75, 3.05) is 18.5 Å². The Bertz CT molecular complexity index is 1270. The van der Waals surface area contributed by atoms with Gasteiger partial charge in [-0.25, -0.2) is 0 Å². The average Bonchev–Trinajstić information content (AvgIpc) is 2.81. The van der Waals surface area contributed by atoms with Crippen LogP contribution in [0.2, 0.25) is 0 Å². The van der Waals surface area contributed by atoms with Crippen LogP contribution in [-0.4, -0.2) is 40.7 Å². The van der Waals surface area contributed by atoms with Crippen LogP contribution in [0.25, 0.3) is 0 Å². The number of nitrogens with one attached hydrogen (secondary N) is 2. The van der Waals surface area contributed by atoms with E-state index >= 15 is 0 Å². The van der Waals surface area contributed by atoms with Gasteiger partial charge in [0.15, 0.2) is 11.5 Å². The summed E-state index contributed by atoms with van der Waals surface area (Å²) in [5.41, 5.74) is -0.179. The first-order chi connectivity index (χ1) is 17.4. The largest absolute Gasteiger partial charge is 0.458 e. The highest BCUT2D eigenvalue weighted by Gasteiger charge is 2.23. The Balaban J connectivity index is 2.27. The van der Waals surface area contributed by atoms with Gasteiger partial charge in [-0.15, -0.1) is 10.2 Å². The zero-order valence-electron chi connectivity index (χ0n) is 20.0. The van der Waals surface area contributed by atoms with E-state index in [1.807, 2.05) is 6.92 Å². The number of nitro groups is 2. The van der Waals surface area contributed by atoms with Crippen LogP contribution in [0.3, 0.4) is 0 Å². The number of benzene rings is 2. The van der Waals surface area contributed by atoms with Gasteiger partial charge in [-0.05, 0) is 47.5 Å². The number of Topliss-reactive ketones (excluding diaryl/α,β-unsaturated/α-hetero) is 1. The molecule has 1 unspecified atom stereocenters. The van der Waals surface area contributed by atoms with E-state index in [0.717, 1.165) is 17.7 Å². The number of carbonyl (C=O) groups excluding carboxylic acids is 3. The molecule has 0 saturated heterocycles. The number of nitro benzene ring substituents is 2. The molecule has 0 aliphatic heterocycles. The molecule has 0 fully saturated rings. The minimum absolute atomic E-state index is 0.00509. The third-order valence-electron chi connectivity index (χ3n) is 4.74. The van der Waals surface area contributed by atoms with E-state index in [1.54, 1.807) is 12.1 Å². The summed E-state index contributed by atoms with van der Waals surface area (Å²) >= 11 is 3.06. The number of anilines is 1. The summed E-state index contributed by atoms with van der Waals surface area (Å²) in [4.78, 5) is 55.2. The van der Waals surface area contributed by atoms with Gasteiger partial charge < -0.3 is 15.4 Å². The van der Waals surface area contributed by atoms with Crippen molar-refractivity contribution in [2.24, 2.45) is 10.2 Å². The SMILES string of the molecule is CC(=O)COC(=O)CCNC(C)c1ccc(N=Nc2c(Br)cc([N+](=O)[O-])cc2[N+](=O)[O-])c(NC(C)=O)c1. The van der Waals surface area contributed by atoms with Crippen LogP contribution in [0.15, 0.2) is 45.0 Å². The number of rotatable bonds is 12. The molecular weight excluding hydrogens is 556 g/mol. The summed E-state index contributed by atoms with van der Waals surface area (Å²) < 4.78 is 4.80. The molecule has 2 aromatic rings. The molecule has 15 heteroatoms. The Labute approximate surface area is 218 Å². The van der Waals surface area contributed by atoms with E-state index in [4.69, 9.17) is 4.74 Å². The molecule has 0 spiro atoms. The fourth-order valence-electron chi connectivity index (χ4n) is 2.98. The number of non-ortho nitro benzene ring substituents is 1. The number of azo groups is 1. The summed E-state index contributed by atoms with van der Waals surface area (Å²) in [5.74, 6) is -1.17. The van der Waals surface area contributed by atoms with Gasteiger partial charge in [-0.3, -0.25) is 34.6 Å². The Hall–Kier alpha value is -4.11. The van der Waals surface area contributed by atoms with Crippen LogP contribution in [0, 0.1) is 20.2 Å². The fourth-order valence-corrected chi connectivity index (χ4v) is 3.50. The Morgan fingerprint density at radius 3 is 2.38 bits per heavy atom. The number of esters is 1. The average molecular weight is 579 g/mol. The van der Waals surface area contributed by atoms with Crippen molar-refractivity contribution >= 4 is 62.0 Å². The molecule has 196 valence electrons. The van der Waals surface area contributed by atoms with Gasteiger partial charge in [0.1, 0.15) is 12.3 Å². The molecule has 0 aromatic heterocycles. The van der Waals surface area contributed by atoms with Gasteiger partial charge in [-0.2, -0.15) is 0 Å². The Morgan fingerprint density at radius 2 is 1.78 bits per heavy atom. The second-order valence-corrected chi connectivity index (χ2v) is 8.61. The lowest BCUT2D eigenvalue weighted by molar-refractivity contribution is -0.393. The molecule has 1 atom stereocenters. The second kappa shape index (κ2) is 13.3. The number of amides is 1. The van der Waals surface area contributed by atoms with Gasteiger partial charge in [0.25, 0.3) is 5.69 Å². The highest BCUT2D eigenvalue weighted by Crippen LogP contribution is 2.40. The minimum atomic E-state index is -0.812. The highest BCUT2D eigenvalue weighted by atomic mass is 79.9. The molecule has 37 heavy (non-hydrogen) atoms. The van der Waals surface area contributed by atoms with Crippen molar-refractivity contribution in [2.45, 2.75) is 33.2 Å². The van der Waals surface area contributed by atoms with Gasteiger partial charge >= 0.3 is 11.7 Å². The number of halogens is 1. The standard InChI is InChI=1S/C22H23BrN6O8/c1-12(30)11-37-21(32)6-7-24-13(2)15-4-5-18(19(8-15)25-14(3)31)26-27-22-17(23)9-16(28(33)34)10-20(22)29(35)36/h4-5,8-10,13,24H,6-7,11H2,1-3H3,(H,25,31). The maximum atomic E-state index is 11.7. The Kier molecular flexibility index (Phi) is 10.4. The maximum Gasteiger partial charge on any atom is 0.307 e. The summed E-state index contributed by atoms with van der Waals surface area (Å²) in [5, 5.41) is 36.2. The summed E-state index contributed by atoms with van der Waals surface area (Å²) in [6, 6.07) is 6.44. The highest BCUT2D eigenvalue weighted by molar-refractivity contribution is 9.10. The minimum Gasteiger partial charge on any atom is -0.458 e. The van der Waals surface area contributed by atoms with Crippen LogP contribution >= 0.6 is 15.9 Å². The number of carbonyl (C=O) groups is 3. The molecule has 2 aromatic carbocycles. The number of hydrogen-bond donors (Lipinski definition) is 2. The molecule has 0 saturated carbocycles. The maximum absolute atomic E-state index is 11.7. The van der Waals surface area contributed by atoms with Gasteiger partial charge in [-0.1, -0.05) is 6.07 Å². The van der Waals surface area contributed by atoms with Crippen molar-refractivity contribution in [1.82, 2.24) is 5.32 Å². The molecular formula is C22H23BrN6O8. The van der Waals surface area contributed by atoms with Crippen molar-refractivity contribution in [3.05, 3.63) is 60.6 Å². The predicted molar refractivity (Wildman–Crippen MR) is 135 cm³/mol. The lowest BCUT2D eigenvalue weighted by atomic mass is 10.1. The topological polar surface area (TPSA) is 196 Å². The van der Waals surface area contributed by atoms with Gasteiger partial charge in [0.05, 0.1) is 32.5 Å². The van der Waals surface area contributed by atoms with E-state index in [1.165, 1.54) is 19.9 Å². The molecule has 2 N–H and O–H groups in total. The molecule has 1 amide bonds. The van der Waals surface area contributed by atoms with E-state index in [2.05, 4.69) is 36.8 Å². The van der Waals surface area contributed by atoms with Crippen LogP contribution in [0.5, 0.6) is 0 Å². The molecule has 0 bridgehead atoms. The second-order valence-electron chi connectivity index (χ2n) is 7.76. The fraction of sp³-hybridized carbons (Fsp3) is 0.318. The van der Waals surface area contributed by atoms with Crippen molar-refractivity contribution in [3.8, 4) is 0 Å². The van der Waals surface area contributed by atoms with E-state index in [9.17, 15) is 34.6 Å². The smallest absolute Gasteiger partial charge is 0.307 e. The van der Waals surface area contributed by atoms with Crippen LogP contribution in [0.4, 0.5) is 28.4 Å². The lowest BCUT2D eigenvalue weighted by Crippen LogP contribution is -2.23. The van der Waals surface area contributed by atoms with E-state index < -0.39 is 33.1 Å². The van der Waals surface area contributed by atoms with Crippen molar-refractivity contribution in [3.63, 3.8) is 0 Å². The zero-order chi connectivity index (χ0) is 27.7. The van der Waals surface area contributed by atoms with Crippen molar-refractivity contribution in [1.29, 1.82) is 0 Å². The summed E-state index contributed by atoms with van der Waals surface area (Å²) in [7, 11) is 0. The first-order valence-corrected chi connectivity index (χ1v) is 11.5. The first kappa shape index (κ1) is 29.1. The monoisotopic (exact) mass is 578 g/mol. The quantitative estimate of drug-likeness (QED) is 0.153.